The highest BCUT2D eigenvalue weighted by molar-refractivity contribution is 5.23. The van der Waals surface area contributed by atoms with Crippen LogP contribution in [-0.2, 0) is 17.6 Å². The van der Waals surface area contributed by atoms with Crippen molar-refractivity contribution in [3.63, 3.8) is 0 Å². The molecule has 0 spiro atoms. The molecule has 20 heavy (non-hydrogen) atoms. The summed E-state index contributed by atoms with van der Waals surface area (Å²) < 4.78 is 6.08. The minimum atomic E-state index is 0.377. The van der Waals surface area contributed by atoms with Crippen LogP contribution in [0.4, 0.5) is 0 Å². The normalized spacial score (nSPS) is 23.9. The van der Waals surface area contributed by atoms with Gasteiger partial charge in [0.15, 0.2) is 0 Å². The van der Waals surface area contributed by atoms with Crippen LogP contribution in [0, 0.1) is 0 Å². The van der Waals surface area contributed by atoms with Gasteiger partial charge >= 0.3 is 0 Å². The minimum Gasteiger partial charge on any atom is -0.374 e. The molecule has 3 atom stereocenters. The van der Waals surface area contributed by atoms with Crippen molar-refractivity contribution in [3.8, 4) is 0 Å². The Labute approximate surface area is 123 Å². The third kappa shape index (κ3) is 4.32. The molecule has 1 aliphatic rings. The third-order valence-corrected chi connectivity index (χ3v) is 4.26. The molecule has 2 rings (SSSR count). The summed E-state index contributed by atoms with van der Waals surface area (Å²) in [5.74, 6) is 0. The average molecular weight is 275 g/mol. The van der Waals surface area contributed by atoms with E-state index < -0.39 is 0 Å². The maximum absolute atomic E-state index is 6.08. The van der Waals surface area contributed by atoms with E-state index in [9.17, 15) is 0 Å². The molecule has 0 bridgehead atoms. The van der Waals surface area contributed by atoms with Crippen molar-refractivity contribution in [1.29, 1.82) is 0 Å². The maximum Gasteiger partial charge on any atom is 0.0735 e. The first-order valence-electron chi connectivity index (χ1n) is 8.19. The Morgan fingerprint density at radius 2 is 1.85 bits per heavy atom. The second kappa shape index (κ2) is 7.80. The fourth-order valence-corrected chi connectivity index (χ4v) is 2.96. The van der Waals surface area contributed by atoms with Gasteiger partial charge in [0.05, 0.1) is 12.2 Å². The smallest absolute Gasteiger partial charge is 0.0735 e. The summed E-state index contributed by atoms with van der Waals surface area (Å²) in [7, 11) is 0. The van der Waals surface area contributed by atoms with Crippen molar-refractivity contribution in [2.75, 3.05) is 6.54 Å². The zero-order valence-electron chi connectivity index (χ0n) is 13.2. The molecule has 2 nitrogen and oxygen atoms in total. The molecular weight excluding hydrogens is 246 g/mol. The third-order valence-electron chi connectivity index (χ3n) is 4.26. The van der Waals surface area contributed by atoms with Crippen LogP contribution in [0.2, 0.25) is 0 Å². The van der Waals surface area contributed by atoms with Gasteiger partial charge in [-0.15, -0.1) is 0 Å². The van der Waals surface area contributed by atoms with Crippen LogP contribution in [0.15, 0.2) is 24.3 Å². The van der Waals surface area contributed by atoms with Gasteiger partial charge in [0.1, 0.15) is 0 Å². The quantitative estimate of drug-likeness (QED) is 0.818. The molecule has 0 radical (unpaired) electrons. The summed E-state index contributed by atoms with van der Waals surface area (Å²) >= 11 is 0. The maximum atomic E-state index is 6.08. The Kier molecular flexibility index (Phi) is 6.06. The van der Waals surface area contributed by atoms with Crippen LogP contribution in [0.5, 0.6) is 0 Å². The van der Waals surface area contributed by atoms with Crippen LogP contribution >= 0.6 is 0 Å². The van der Waals surface area contributed by atoms with Gasteiger partial charge in [-0.2, -0.15) is 0 Å². The molecule has 1 aliphatic heterocycles. The molecule has 1 heterocycles. The largest absolute Gasteiger partial charge is 0.374 e. The monoisotopic (exact) mass is 275 g/mol. The van der Waals surface area contributed by atoms with Gasteiger partial charge in [-0.05, 0) is 56.7 Å². The zero-order valence-corrected chi connectivity index (χ0v) is 13.2. The highest BCUT2D eigenvalue weighted by atomic mass is 16.5. The molecule has 112 valence electrons. The Morgan fingerprint density at radius 3 is 2.40 bits per heavy atom. The lowest BCUT2D eigenvalue weighted by Gasteiger charge is -2.25. The lowest BCUT2D eigenvalue weighted by molar-refractivity contribution is 0.0321. The van der Waals surface area contributed by atoms with E-state index >= 15 is 0 Å². The molecule has 1 saturated heterocycles. The molecule has 1 aromatic carbocycles. The van der Waals surface area contributed by atoms with Crippen LogP contribution in [0.3, 0.4) is 0 Å². The SMILES string of the molecule is CCCNC(Cc1ccc(CC)cc1)C1CCC(C)O1. The van der Waals surface area contributed by atoms with Crippen molar-refractivity contribution in [1.82, 2.24) is 5.32 Å². The van der Waals surface area contributed by atoms with E-state index in [0.717, 1.165) is 19.4 Å². The van der Waals surface area contributed by atoms with Crippen molar-refractivity contribution < 1.29 is 4.74 Å². The number of benzene rings is 1. The van der Waals surface area contributed by atoms with Gasteiger partial charge in [0.2, 0.25) is 0 Å². The Balaban J connectivity index is 1.98. The highest BCUT2D eigenvalue weighted by Crippen LogP contribution is 2.23. The molecule has 1 N–H and O–H groups in total. The van der Waals surface area contributed by atoms with Crippen LogP contribution < -0.4 is 5.32 Å². The van der Waals surface area contributed by atoms with Gasteiger partial charge in [-0.3, -0.25) is 0 Å². The molecule has 0 aliphatic carbocycles. The summed E-state index contributed by atoms with van der Waals surface area (Å²) in [6.07, 6.45) is 6.55. The van der Waals surface area contributed by atoms with Gasteiger partial charge in [-0.1, -0.05) is 38.1 Å². The summed E-state index contributed by atoms with van der Waals surface area (Å²) in [6, 6.07) is 9.51. The number of hydrogen-bond acceptors (Lipinski definition) is 2. The molecule has 2 heteroatoms. The molecule has 0 saturated carbocycles. The van der Waals surface area contributed by atoms with E-state index in [2.05, 4.69) is 50.4 Å². The number of nitrogens with one attached hydrogen (secondary N) is 1. The summed E-state index contributed by atoms with van der Waals surface area (Å²) in [4.78, 5) is 0. The predicted molar refractivity (Wildman–Crippen MR) is 85.2 cm³/mol. The first kappa shape index (κ1) is 15.5. The van der Waals surface area contributed by atoms with E-state index in [1.807, 2.05) is 0 Å². The second-order valence-corrected chi connectivity index (χ2v) is 6.00. The molecule has 1 aromatic rings. The summed E-state index contributed by atoms with van der Waals surface area (Å²) in [5.41, 5.74) is 2.83. The molecular formula is C18H29NO. The topological polar surface area (TPSA) is 21.3 Å². The Bertz CT molecular complexity index is 387. The number of hydrogen-bond donors (Lipinski definition) is 1. The van der Waals surface area contributed by atoms with Crippen molar-refractivity contribution >= 4 is 0 Å². The number of ether oxygens (including phenoxy) is 1. The van der Waals surface area contributed by atoms with Gasteiger partial charge < -0.3 is 10.1 Å². The molecule has 0 amide bonds. The number of rotatable bonds is 7. The first-order chi connectivity index (χ1) is 9.72. The fourth-order valence-electron chi connectivity index (χ4n) is 2.96. The van der Waals surface area contributed by atoms with Crippen LogP contribution in [-0.4, -0.2) is 24.8 Å². The first-order valence-corrected chi connectivity index (χ1v) is 8.19. The van der Waals surface area contributed by atoms with E-state index in [1.165, 1.54) is 30.4 Å². The van der Waals surface area contributed by atoms with E-state index in [0.29, 0.717) is 18.2 Å². The summed E-state index contributed by atoms with van der Waals surface area (Å²) in [5, 5.41) is 3.68. The van der Waals surface area contributed by atoms with Gasteiger partial charge in [0, 0.05) is 6.04 Å². The van der Waals surface area contributed by atoms with Crippen molar-refractivity contribution in [2.45, 2.75) is 71.1 Å². The lowest BCUT2D eigenvalue weighted by atomic mass is 9.98. The Morgan fingerprint density at radius 1 is 1.15 bits per heavy atom. The van der Waals surface area contributed by atoms with Crippen LogP contribution in [0.1, 0.15) is 51.2 Å². The van der Waals surface area contributed by atoms with Crippen molar-refractivity contribution in [2.24, 2.45) is 0 Å². The predicted octanol–water partition coefficient (Wildman–Crippen LogP) is 3.73. The van der Waals surface area contributed by atoms with E-state index in [1.54, 1.807) is 0 Å². The second-order valence-electron chi connectivity index (χ2n) is 6.00. The van der Waals surface area contributed by atoms with Crippen molar-refractivity contribution in [3.05, 3.63) is 35.4 Å². The number of aryl methyl sites for hydroxylation is 1. The van der Waals surface area contributed by atoms with Gasteiger partial charge in [0.25, 0.3) is 0 Å². The Hall–Kier alpha value is -0.860. The average Bonchev–Trinajstić information content (AvgIpc) is 2.90. The zero-order chi connectivity index (χ0) is 14.4. The molecule has 0 aromatic heterocycles. The van der Waals surface area contributed by atoms with E-state index in [4.69, 9.17) is 4.74 Å². The lowest BCUT2D eigenvalue weighted by Crippen LogP contribution is -2.42. The fraction of sp³-hybridized carbons (Fsp3) is 0.667. The minimum absolute atomic E-state index is 0.377. The summed E-state index contributed by atoms with van der Waals surface area (Å²) in [6.45, 7) is 7.69. The molecule has 3 unspecified atom stereocenters. The highest BCUT2D eigenvalue weighted by Gasteiger charge is 2.29. The van der Waals surface area contributed by atoms with Gasteiger partial charge in [-0.25, -0.2) is 0 Å². The van der Waals surface area contributed by atoms with Crippen LogP contribution in [0.25, 0.3) is 0 Å². The molecule has 1 fully saturated rings. The standard InChI is InChI=1S/C18H29NO/c1-4-12-19-17(18-11-6-14(3)20-18)13-16-9-7-15(5-2)8-10-16/h7-10,14,17-19H,4-6,11-13H2,1-3H3. The van der Waals surface area contributed by atoms with E-state index in [-0.39, 0.29) is 0 Å².